The molecule has 4 heterocycles. The number of hydrogen-bond donors (Lipinski definition) is 1. The second-order valence-corrected chi connectivity index (χ2v) is 14.9. The topological polar surface area (TPSA) is 113 Å². The van der Waals surface area contributed by atoms with Crippen molar-refractivity contribution in [2.75, 3.05) is 31.6 Å². The van der Waals surface area contributed by atoms with Crippen LogP contribution in [-0.4, -0.2) is 55.8 Å². The number of alkyl halides is 2. The Bertz CT molecular complexity index is 2010. The van der Waals surface area contributed by atoms with Crippen molar-refractivity contribution >= 4 is 40.8 Å². The lowest BCUT2D eigenvalue weighted by molar-refractivity contribution is -0.605. The van der Waals surface area contributed by atoms with E-state index in [1.54, 1.807) is 18.2 Å². The SMILES string of the molecule is O=C(OC(Cc1c(Cl)c[n+]([O-])cc1Cl)c1ccc(OC(F)F)c(OCC2CC2)c1)c1cccc(NC(C(=O)O[C@H]2CN3CCC2CC3)c2cccc(F)c2)c1. The molecule has 15 heteroatoms. The molecule has 3 saturated heterocycles. The molecule has 290 valence electrons. The largest absolute Gasteiger partial charge is 0.619 e. The van der Waals surface area contributed by atoms with Crippen LogP contribution in [0, 0.1) is 22.9 Å². The smallest absolute Gasteiger partial charge is 0.387 e. The molecule has 1 saturated carbocycles. The maximum absolute atomic E-state index is 14.4. The molecular formula is C40H38Cl2F3N3O7. The quantitative estimate of drug-likeness (QED) is 0.0725. The molecule has 4 fully saturated rings. The van der Waals surface area contributed by atoms with E-state index >= 15 is 0 Å². The van der Waals surface area contributed by atoms with Crippen molar-refractivity contribution in [2.24, 2.45) is 11.8 Å². The van der Waals surface area contributed by atoms with Crippen LogP contribution in [0.5, 0.6) is 11.5 Å². The molecule has 10 nitrogen and oxygen atoms in total. The van der Waals surface area contributed by atoms with Gasteiger partial charge in [0.1, 0.15) is 28.1 Å². The van der Waals surface area contributed by atoms with Crippen LogP contribution in [0.15, 0.2) is 79.1 Å². The van der Waals surface area contributed by atoms with Crippen LogP contribution in [0.1, 0.15) is 64.9 Å². The fraction of sp³-hybridized carbons (Fsp3) is 0.375. The normalized spacial score (nSPS) is 20.1. The summed E-state index contributed by atoms with van der Waals surface area (Å²) >= 11 is 12.8. The van der Waals surface area contributed by atoms with Crippen molar-refractivity contribution in [2.45, 2.75) is 57.0 Å². The van der Waals surface area contributed by atoms with E-state index in [4.69, 9.17) is 42.1 Å². The lowest BCUT2D eigenvalue weighted by Crippen LogP contribution is -2.52. The zero-order chi connectivity index (χ0) is 38.6. The van der Waals surface area contributed by atoms with E-state index in [0.717, 1.165) is 51.2 Å². The van der Waals surface area contributed by atoms with Crippen LogP contribution in [0.3, 0.4) is 0 Å². The zero-order valence-corrected chi connectivity index (χ0v) is 31.0. The molecule has 3 aliphatic heterocycles. The number of halogens is 5. The number of nitrogens with zero attached hydrogens (tertiary/aromatic N) is 2. The number of aromatic nitrogens is 1. The highest BCUT2D eigenvalue weighted by Crippen LogP contribution is 2.38. The molecule has 55 heavy (non-hydrogen) atoms. The Kier molecular flexibility index (Phi) is 11.9. The Morgan fingerprint density at radius 1 is 0.927 bits per heavy atom. The molecule has 8 rings (SSSR count). The molecule has 0 amide bonds. The zero-order valence-electron chi connectivity index (χ0n) is 29.5. The first-order chi connectivity index (χ1) is 26.5. The van der Waals surface area contributed by atoms with Gasteiger partial charge in [-0.05, 0) is 104 Å². The first-order valence-corrected chi connectivity index (χ1v) is 18.8. The first-order valence-electron chi connectivity index (χ1n) is 18.0. The van der Waals surface area contributed by atoms with Crippen molar-refractivity contribution in [3.63, 3.8) is 0 Å². The minimum Gasteiger partial charge on any atom is -0.619 e. The number of anilines is 1. The van der Waals surface area contributed by atoms with Gasteiger partial charge in [0.15, 0.2) is 29.9 Å². The highest BCUT2D eigenvalue weighted by molar-refractivity contribution is 6.35. The van der Waals surface area contributed by atoms with Crippen LogP contribution in [0.4, 0.5) is 18.9 Å². The maximum atomic E-state index is 14.4. The van der Waals surface area contributed by atoms with Crippen LogP contribution in [-0.2, 0) is 20.7 Å². The molecule has 4 aromatic rings. The second-order valence-electron chi connectivity index (χ2n) is 14.1. The van der Waals surface area contributed by atoms with E-state index < -0.39 is 36.5 Å². The van der Waals surface area contributed by atoms with Gasteiger partial charge in [-0.3, -0.25) is 4.90 Å². The third kappa shape index (κ3) is 9.75. The Morgan fingerprint density at radius 3 is 2.35 bits per heavy atom. The van der Waals surface area contributed by atoms with Crippen LogP contribution in [0.2, 0.25) is 10.0 Å². The number of fused-ring (bicyclic) bond motifs is 3. The number of pyridine rings is 1. The number of esters is 2. The molecule has 3 aromatic carbocycles. The van der Waals surface area contributed by atoms with E-state index in [-0.39, 0.29) is 52.2 Å². The number of nitrogens with one attached hydrogen (secondary N) is 1. The summed E-state index contributed by atoms with van der Waals surface area (Å²) in [5.41, 5.74) is 1.43. The molecule has 0 spiro atoms. The number of ether oxygens (including phenoxy) is 4. The number of carbonyl (C=O) groups is 2. The Hall–Kier alpha value is -4.72. The predicted molar refractivity (Wildman–Crippen MR) is 197 cm³/mol. The van der Waals surface area contributed by atoms with Gasteiger partial charge in [-0.2, -0.15) is 13.5 Å². The standard InChI is InChI=1S/C40H38Cl2F3N3O7/c41-31-19-48(51)20-32(42)30(31)18-34(25-9-10-33(55-40(44)45)35(17-25)52-22-23-7-8-23)53-38(49)27-4-2-6-29(16-27)46-37(26-3-1-5-28(43)15-26)39(50)54-36-21-47-13-11-24(36)12-14-47/h1-6,9-10,15-17,19-20,23-24,34,36-37,40,46H,7-8,11-14,18,21-22H2/t34?,36-,37?/m0/s1. The molecule has 1 N–H and O–H groups in total. The maximum Gasteiger partial charge on any atom is 0.387 e. The summed E-state index contributed by atoms with van der Waals surface area (Å²) in [6.07, 6.45) is 4.49. The van der Waals surface area contributed by atoms with E-state index in [1.807, 2.05) is 0 Å². The molecule has 1 aromatic heterocycles. The monoisotopic (exact) mass is 799 g/mol. The fourth-order valence-electron chi connectivity index (χ4n) is 6.99. The lowest BCUT2D eigenvalue weighted by atomic mass is 9.86. The van der Waals surface area contributed by atoms with Gasteiger partial charge >= 0.3 is 18.6 Å². The third-order valence-corrected chi connectivity index (χ3v) is 10.8. The van der Waals surface area contributed by atoms with Gasteiger partial charge in [0.25, 0.3) is 0 Å². The summed E-state index contributed by atoms with van der Waals surface area (Å²) in [7, 11) is 0. The Labute approximate surface area is 325 Å². The van der Waals surface area contributed by atoms with Gasteiger partial charge < -0.3 is 29.5 Å². The van der Waals surface area contributed by atoms with Gasteiger partial charge in [-0.15, -0.1) is 0 Å². The highest BCUT2D eigenvalue weighted by atomic mass is 35.5. The van der Waals surface area contributed by atoms with Crippen molar-refractivity contribution in [3.8, 4) is 11.5 Å². The van der Waals surface area contributed by atoms with Crippen LogP contribution in [0.25, 0.3) is 0 Å². The summed E-state index contributed by atoms with van der Waals surface area (Å²) in [5, 5.41) is 15.2. The molecule has 4 aliphatic rings. The number of hydrogen-bond acceptors (Lipinski definition) is 9. The summed E-state index contributed by atoms with van der Waals surface area (Å²) in [6, 6.07) is 15.0. The molecular weight excluding hydrogens is 762 g/mol. The Morgan fingerprint density at radius 2 is 1.67 bits per heavy atom. The van der Waals surface area contributed by atoms with E-state index in [1.165, 1.54) is 48.5 Å². The minimum atomic E-state index is -3.10. The number of benzene rings is 3. The van der Waals surface area contributed by atoms with E-state index in [0.29, 0.717) is 39.6 Å². The number of piperidine rings is 3. The van der Waals surface area contributed by atoms with Crippen LogP contribution >= 0.6 is 23.2 Å². The first kappa shape index (κ1) is 38.6. The third-order valence-electron chi connectivity index (χ3n) is 10.1. The van der Waals surface area contributed by atoms with Gasteiger partial charge in [-0.1, -0.05) is 47.5 Å². The summed E-state index contributed by atoms with van der Waals surface area (Å²) in [6.45, 7) is -0.244. The molecule has 3 atom stereocenters. The van der Waals surface area contributed by atoms with Gasteiger partial charge in [0.2, 0.25) is 0 Å². The number of rotatable bonds is 15. The van der Waals surface area contributed by atoms with Crippen molar-refractivity contribution in [1.82, 2.24) is 4.90 Å². The molecule has 1 aliphatic carbocycles. The fourth-order valence-corrected chi connectivity index (χ4v) is 7.59. The molecule has 2 unspecified atom stereocenters. The highest BCUT2D eigenvalue weighted by Gasteiger charge is 2.38. The van der Waals surface area contributed by atoms with Crippen molar-refractivity contribution in [1.29, 1.82) is 0 Å². The molecule has 2 bridgehead atoms. The van der Waals surface area contributed by atoms with Gasteiger partial charge in [0, 0.05) is 24.2 Å². The Balaban J connectivity index is 1.15. The van der Waals surface area contributed by atoms with Crippen LogP contribution < -0.4 is 19.5 Å². The van der Waals surface area contributed by atoms with Crippen molar-refractivity contribution in [3.05, 3.63) is 122 Å². The summed E-state index contributed by atoms with van der Waals surface area (Å²) < 4.78 is 64.1. The number of carbonyl (C=O) groups excluding carboxylic acids is 2. The minimum absolute atomic E-state index is 0.0196. The lowest BCUT2D eigenvalue weighted by Gasteiger charge is -2.44. The van der Waals surface area contributed by atoms with Crippen molar-refractivity contribution < 1.29 is 46.4 Å². The summed E-state index contributed by atoms with van der Waals surface area (Å²) in [4.78, 5) is 29.9. The predicted octanol–water partition coefficient (Wildman–Crippen LogP) is 8.09. The average Bonchev–Trinajstić information content (AvgIpc) is 3.99. The second kappa shape index (κ2) is 17.0. The average molecular weight is 801 g/mol. The van der Waals surface area contributed by atoms with Gasteiger partial charge in [-0.25, -0.2) is 14.0 Å². The molecule has 0 radical (unpaired) electrons. The summed E-state index contributed by atoms with van der Waals surface area (Å²) in [5.74, 6) is -1.50. The van der Waals surface area contributed by atoms with Gasteiger partial charge in [0.05, 0.1) is 12.2 Å². The van der Waals surface area contributed by atoms with E-state index in [2.05, 4.69) is 10.2 Å². The van der Waals surface area contributed by atoms with E-state index in [9.17, 15) is 28.0 Å².